The van der Waals surface area contributed by atoms with Crippen LogP contribution in [0.25, 0.3) is 0 Å². The summed E-state index contributed by atoms with van der Waals surface area (Å²) in [5, 5.41) is 0. The third kappa shape index (κ3) is 3.11. The van der Waals surface area contributed by atoms with Gasteiger partial charge in [0.2, 0.25) is 0 Å². The number of nitrogens with two attached hydrogens (primary N) is 1. The molecule has 0 aliphatic rings. The van der Waals surface area contributed by atoms with Crippen LogP contribution >= 0.6 is 0 Å². The Morgan fingerprint density at radius 3 is 2.50 bits per heavy atom. The molecule has 0 bridgehead atoms. The highest BCUT2D eigenvalue weighted by atomic mass is 14.6. The lowest BCUT2D eigenvalue weighted by Gasteiger charge is -2.18. The van der Waals surface area contributed by atoms with Gasteiger partial charge >= 0.3 is 0 Å². The summed E-state index contributed by atoms with van der Waals surface area (Å²) in [6.07, 6.45) is 6.09. The van der Waals surface area contributed by atoms with Gasteiger partial charge in [0.05, 0.1) is 0 Å². The molecular weight excluding hydrogens is 172 g/mol. The Kier molecular flexibility index (Phi) is 4.60. The average Bonchev–Trinajstić information content (AvgIpc) is 2.26. The largest absolute Gasteiger partial charge is 0.330 e. The Balaban J connectivity index is 2.63. The van der Waals surface area contributed by atoms with Crippen LogP contribution in [0.1, 0.15) is 38.2 Å². The minimum absolute atomic E-state index is 0.493. The zero-order valence-corrected chi connectivity index (χ0v) is 9.11. The molecule has 1 rings (SSSR count). The Bertz CT molecular complexity index is 246. The predicted molar refractivity (Wildman–Crippen MR) is 60.1 cm³/mol. The van der Waals surface area contributed by atoms with Crippen molar-refractivity contribution in [2.45, 2.75) is 32.6 Å². The molecule has 0 unspecified atom stereocenters. The molecule has 0 aromatic carbocycles. The summed E-state index contributed by atoms with van der Waals surface area (Å²) < 4.78 is 0. The van der Waals surface area contributed by atoms with Crippen molar-refractivity contribution < 1.29 is 0 Å². The van der Waals surface area contributed by atoms with Gasteiger partial charge in [-0.1, -0.05) is 20.3 Å². The minimum atomic E-state index is 0.493. The Labute approximate surface area is 86.5 Å². The number of hydrogen-bond donors (Lipinski definition) is 1. The molecular formula is C12H20N2. The zero-order chi connectivity index (χ0) is 10.4. The SMILES string of the molecule is CC[C@@H](C)C[C@H](CN)c1ccncc1. The summed E-state index contributed by atoms with van der Waals surface area (Å²) in [6.45, 7) is 5.24. The zero-order valence-electron chi connectivity index (χ0n) is 9.11. The van der Waals surface area contributed by atoms with E-state index in [1.165, 1.54) is 18.4 Å². The van der Waals surface area contributed by atoms with Crippen LogP contribution in [0.5, 0.6) is 0 Å². The second kappa shape index (κ2) is 5.76. The summed E-state index contributed by atoms with van der Waals surface area (Å²) in [5.74, 6) is 1.24. The predicted octanol–water partition coefficient (Wildman–Crippen LogP) is 2.56. The third-order valence-electron chi connectivity index (χ3n) is 2.85. The molecule has 0 radical (unpaired) electrons. The van der Waals surface area contributed by atoms with Gasteiger partial charge in [-0.05, 0) is 42.5 Å². The van der Waals surface area contributed by atoms with Crippen molar-refractivity contribution >= 4 is 0 Å². The van der Waals surface area contributed by atoms with Gasteiger partial charge in [-0.3, -0.25) is 4.98 Å². The van der Waals surface area contributed by atoms with Crippen molar-refractivity contribution in [1.29, 1.82) is 0 Å². The van der Waals surface area contributed by atoms with Crippen LogP contribution in [-0.4, -0.2) is 11.5 Å². The van der Waals surface area contributed by atoms with Crippen LogP contribution in [0, 0.1) is 5.92 Å². The van der Waals surface area contributed by atoms with Gasteiger partial charge in [0.15, 0.2) is 0 Å². The molecule has 0 saturated heterocycles. The van der Waals surface area contributed by atoms with E-state index in [9.17, 15) is 0 Å². The highest BCUT2D eigenvalue weighted by Gasteiger charge is 2.12. The fraction of sp³-hybridized carbons (Fsp3) is 0.583. The number of nitrogens with zero attached hydrogens (tertiary/aromatic N) is 1. The molecule has 0 amide bonds. The second-order valence-electron chi connectivity index (χ2n) is 3.96. The molecule has 14 heavy (non-hydrogen) atoms. The Hall–Kier alpha value is -0.890. The van der Waals surface area contributed by atoms with E-state index in [4.69, 9.17) is 5.73 Å². The van der Waals surface area contributed by atoms with E-state index < -0.39 is 0 Å². The van der Waals surface area contributed by atoms with E-state index in [1.807, 2.05) is 12.4 Å². The first-order valence-corrected chi connectivity index (χ1v) is 5.37. The maximum absolute atomic E-state index is 5.79. The molecule has 0 fully saturated rings. The molecule has 0 spiro atoms. The second-order valence-corrected chi connectivity index (χ2v) is 3.96. The average molecular weight is 192 g/mol. The van der Waals surface area contributed by atoms with Crippen LogP contribution in [0.15, 0.2) is 24.5 Å². The molecule has 78 valence electrons. The maximum atomic E-state index is 5.79. The molecule has 0 aliphatic heterocycles. The first-order chi connectivity index (χ1) is 6.77. The van der Waals surface area contributed by atoms with Gasteiger partial charge in [-0.2, -0.15) is 0 Å². The Morgan fingerprint density at radius 2 is 2.00 bits per heavy atom. The van der Waals surface area contributed by atoms with E-state index in [0.29, 0.717) is 5.92 Å². The summed E-state index contributed by atoms with van der Waals surface area (Å²) in [6, 6.07) is 4.14. The van der Waals surface area contributed by atoms with E-state index in [0.717, 1.165) is 12.5 Å². The summed E-state index contributed by atoms with van der Waals surface area (Å²) >= 11 is 0. The third-order valence-corrected chi connectivity index (χ3v) is 2.85. The molecule has 1 heterocycles. The first kappa shape index (κ1) is 11.2. The van der Waals surface area contributed by atoms with Crippen molar-refractivity contribution in [1.82, 2.24) is 4.98 Å². The smallest absolute Gasteiger partial charge is 0.0270 e. The van der Waals surface area contributed by atoms with Crippen molar-refractivity contribution in [3.05, 3.63) is 30.1 Å². The quantitative estimate of drug-likeness (QED) is 0.778. The highest BCUT2D eigenvalue weighted by molar-refractivity contribution is 5.16. The van der Waals surface area contributed by atoms with Gasteiger partial charge in [-0.25, -0.2) is 0 Å². The van der Waals surface area contributed by atoms with Gasteiger partial charge in [0.25, 0.3) is 0 Å². The van der Waals surface area contributed by atoms with Gasteiger partial charge in [0.1, 0.15) is 0 Å². The van der Waals surface area contributed by atoms with Gasteiger partial charge < -0.3 is 5.73 Å². The van der Waals surface area contributed by atoms with Crippen molar-refractivity contribution in [3.8, 4) is 0 Å². The fourth-order valence-electron chi connectivity index (χ4n) is 1.66. The van der Waals surface area contributed by atoms with Crippen LogP contribution in [0.2, 0.25) is 0 Å². The van der Waals surface area contributed by atoms with E-state index in [2.05, 4.69) is 31.0 Å². The highest BCUT2D eigenvalue weighted by Crippen LogP contribution is 2.23. The molecule has 2 atom stereocenters. The Morgan fingerprint density at radius 1 is 1.36 bits per heavy atom. The lowest BCUT2D eigenvalue weighted by atomic mass is 9.89. The van der Waals surface area contributed by atoms with Crippen molar-refractivity contribution in [3.63, 3.8) is 0 Å². The van der Waals surface area contributed by atoms with Gasteiger partial charge in [-0.15, -0.1) is 0 Å². The first-order valence-electron chi connectivity index (χ1n) is 5.37. The van der Waals surface area contributed by atoms with Crippen LogP contribution in [0.4, 0.5) is 0 Å². The minimum Gasteiger partial charge on any atom is -0.330 e. The number of hydrogen-bond acceptors (Lipinski definition) is 2. The summed E-state index contributed by atoms with van der Waals surface area (Å²) in [5.41, 5.74) is 7.11. The number of aromatic nitrogens is 1. The number of rotatable bonds is 5. The fourth-order valence-corrected chi connectivity index (χ4v) is 1.66. The van der Waals surface area contributed by atoms with Crippen LogP contribution in [-0.2, 0) is 0 Å². The molecule has 2 nitrogen and oxygen atoms in total. The molecule has 0 saturated carbocycles. The molecule has 0 aliphatic carbocycles. The monoisotopic (exact) mass is 192 g/mol. The normalized spacial score (nSPS) is 15.1. The topological polar surface area (TPSA) is 38.9 Å². The maximum Gasteiger partial charge on any atom is 0.0270 e. The number of pyridine rings is 1. The van der Waals surface area contributed by atoms with Crippen molar-refractivity contribution in [2.75, 3.05) is 6.54 Å². The van der Waals surface area contributed by atoms with Crippen LogP contribution < -0.4 is 5.73 Å². The lowest BCUT2D eigenvalue weighted by Crippen LogP contribution is -2.15. The van der Waals surface area contributed by atoms with E-state index in [-0.39, 0.29) is 0 Å². The summed E-state index contributed by atoms with van der Waals surface area (Å²) in [7, 11) is 0. The van der Waals surface area contributed by atoms with Gasteiger partial charge in [0, 0.05) is 12.4 Å². The van der Waals surface area contributed by atoms with E-state index in [1.54, 1.807) is 0 Å². The van der Waals surface area contributed by atoms with E-state index >= 15 is 0 Å². The molecule has 2 N–H and O–H groups in total. The van der Waals surface area contributed by atoms with Crippen LogP contribution in [0.3, 0.4) is 0 Å². The standard InChI is InChI=1S/C12H20N2/c1-3-10(2)8-12(9-13)11-4-6-14-7-5-11/h4-7,10,12H,3,8-9,13H2,1-2H3/t10-,12-/m1/s1. The molecule has 1 aromatic rings. The lowest BCUT2D eigenvalue weighted by molar-refractivity contribution is 0.458. The molecule has 2 heteroatoms. The van der Waals surface area contributed by atoms with Crippen molar-refractivity contribution in [2.24, 2.45) is 11.7 Å². The molecule has 1 aromatic heterocycles. The summed E-state index contributed by atoms with van der Waals surface area (Å²) in [4.78, 5) is 4.02.